The minimum atomic E-state index is -3.39. The van der Waals surface area contributed by atoms with Crippen molar-refractivity contribution < 1.29 is 8.42 Å². The summed E-state index contributed by atoms with van der Waals surface area (Å²) in [7, 11) is 0.143. The highest BCUT2D eigenvalue weighted by Crippen LogP contribution is 2.28. The van der Waals surface area contributed by atoms with Gasteiger partial charge in [0.15, 0.2) is 5.65 Å². The molecule has 8 nitrogen and oxygen atoms in total. The van der Waals surface area contributed by atoms with Crippen LogP contribution in [0.4, 0.5) is 5.82 Å². The van der Waals surface area contributed by atoms with Crippen LogP contribution in [0.5, 0.6) is 0 Å². The summed E-state index contributed by atoms with van der Waals surface area (Å²) in [4.78, 5) is 11.2. The fourth-order valence-electron chi connectivity index (χ4n) is 3.70. The second-order valence-electron chi connectivity index (χ2n) is 7.25. The normalized spacial score (nSPS) is 17.7. The molecule has 148 valence electrons. The molecule has 1 aromatic carbocycles. The van der Waals surface area contributed by atoms with Gasteiger partial charge in [-0.3, -0.25) is 4.68 Å². The number of nitrogens with zero attached hydrogens (tertiary/aromatic N) is 6. The lowest BCUT2D eigenvalue weighted by atomic mass is 10.2. The van der Waals surface area contributed by atoms with Crippen LogP contribution in [-0.4, -0.2) is 58.7 Å². The number of anilines is 1. The average Bonchev–Trinajstić information content (AvgIpc) is 3.29. The van der Waals surface area contributed by atoms with Crippen LogP contribution >= 0.6 is 0 Å². The van der Waals surface area contributed by atoms with Gasteiger partial charge in [-0.05, 0) is 18.9 Å². The highest BCUT2D eigenvalue weighted by Gasteiger charge is 2.33. The Morgan fingerprint density at radius 2 is 1.96 bits per heavy atom. The molecule has 0 N–H and O–H groups in total. The quantitative estimate of drug-likeness (QED) is 0.648. The van der Waals surface area contributed by atoms with Crippen LogP contribution in [-0.2, 0) is 22.8 Å². The number of sulfonamides is 1. The first-order valence-corrected chi connectivity index (χ1v) is 10.9. The van der Waals surface area contributed by atoms with Gasteiger partial charge < -0.3 is 4.90 Å². The molecule has 0 radical (unpaired) electrons. The van der Waals surface area contributed by atoms with Crippen molar-refractivity contribution in [3.63, 3.8) is 0 Å². The third-order valence-corrected chi connectivity index (χ3v) is 7.17. The van der Waals surface area contributed by atoms with Crippen molar-refractivity contribution >= 4 is 26.9 Å². The van der Waals surface area contributed by atoms with E-state index >= 15 is 0 Å². The molecule has 1 aliphatic rings. The minimum absolute atomic E-state index is 0.0142. The second kappa shape index (κ2) is 7.14. The Hall–Kier alpha value is -2.52. The van der Waals surface area contributed by atoms with Crippen molar-refractivity contribution in [2.45, 2.75) is 25.1 Å². The fraction of sp³-hybridized carbons (Fsp3) is 0.421. The number of rotatable bonds is 5. The maximum Gasteiger partial charge on any atom is 0.218 e. The molecule has 4 rings (SSSR count). The fourth-order valence-corrected chi connectivity index (χ4v) is 5.14. The van der Waals surface area contributed by atoms with Crippen LogP contribution in [0, 0.1) is 6.92 Å². The molecule has 9 heteroatoms. The van der Waals surface area contributed by atoms with E-state index < -0.39 is 10.0 Å². The summed E-state index contributed by atoms with van der Waals surface area (Å²) in [5.41, 5.74) is 1.59. The van der Waals surface area contributed by atoms with Gasteiger partial charge in [0.2, 0.25) is 10.0 Å². The van der Waals surface area contributed by atoms with Crippen LogP contribution in [0.15, 0.2) is 36.5 Å². The van der Waals surface area contributed by atoms with Crippen molar-refractivity contribution in [3.8, 4) is 0 Å². The molecule has 0 spiro atoms. The second-order valence-corrected chi connectivity index (χ2v) is 9.27. The van der Waals surface area contributed by atoms with Gasteiger partial charge in [-0.1, -0.05) is 30.3 Å². The zero-order valence-electron chi connectivity index (χ0n) is 16.3. The van der Waals surface area contributed by atoms with Gasteiger partial charge in [-0.25, -0.2) is 18.4 Å². The highest BCUT2D eigenvalue weighted by molar-refractivity contribution is 7.88. The largest absolute Gasteiger partial charge is 0.354 e. The van der Waals surface area contributed by atoms with Crippen molar-refractivity contribution in [1.29, 1.82) is 0 Å². The van der Waals surface area contributed by atoms with E-state index in [2.05, 4.69) is 20.0 Å². The molecule has 3 heterocycles. The van der Waals surface area contributed by atoms with Gasteiger partial charge in [0, 0.05) is 33.2 Å². The molecule has 1 saturated heterocycles. The summed E-state index contributed by atoms with van der Waals surface area (Å²) >= 11 is 0. The molecular weight excluding hydrogens is 376 g/mol. The lowest BCUT2D eigenvalue weighted by Gasteiger charge is -2.25. The molecule has 2 aromatic heterocycles. The van der Waals surface area contributed by atoms with Gasteiger partial charge in [0.25, 0.3) is 0 Å². The van der Waals surface area contributed by atoms with E-state index in [1.54, 1.807) is 17.9 Å². The first kappa shape index (κ1) is 18.8. The molecule has 0 saturated carbocycles. The number of benzene rings is 1. The summed E-state index contributed by atoms with van der Waals surface area (Å²) in [6.07, 6.45) is 2.53. The van der Waals surface area contributed by atoms with Crippen molar-refractivity contribution in [3.05, 3.63) is 47.9 Å². The van der Waals surface area contributed by atoms with E-state index in [0.29, 0.717) is 12.4 Å². The number of likely N-dealkylation sites (N-methyl/N-ethyl adjacent to an activating group) is 1. The Morgan fingerprint density at radius 3 is 2.71 bits per heavy atom. The lowest BCUT2D eigenvalue weighted by molar-refractivity contribution is 0.389. The van der Waals surface area contributed by atoms with Crippen molar-refractivity contribution in [2.75, 3.05) is 25.0 Å². The van der Waals surface area contributed by atoms with E-state index in [1.807, 2.05) is 44.3 Å². The first-order valence-electron chi connectivity index (χ1n) is 9.26. The van der Waals surface area contributed by atoms with E-state index in [-0.39, 0.29) is 11.8 Å². The molecule has 3 aromatic rings. The summed E-state index contributed by atoms with van der Waals surface area (Å²) < 4.78 is 29.0. The third-order valence-electron chi connectivity index (χ3n) is 5.29. The average molecular weight is 401 g/mol. The molecule has 1 atom stereocenters. The van der Waals surface area contributed by atoms with Crippen molar-refractivity contribution in [1.82, 2.24) is 24.1 Å². The molecule has 0 bridgehead atoms. The topological polar surface area (TPSA) is 84.2 Å². The first-order chi connectivity index (χ1) is 13.3. The molecular formula is C19H24N6O2S. The van der Waals surface area contributed by atoms with Gasteiger partial charge in [-0.15, -0.1) is 0 Å². The SMILES string of the molecule is Cc1nc(N2CCC(N(C)S(=O)(=O)Cc3ccccc3)C2)c2cnn(C)c2n1. The van der Waals surface area contributed by atoms with Crippen LogP contribution in [0.25, 0.3) is 11.0 Å². The van der Waals surface area contributed by atoms with E-state index in [9.17, 15) is 8.42 Å². The maximum atomic E-state index is 12.9. The predicted molar refractivity (Wildman–Crippen MR) is 108 cm³/mol. The van der Waals surface area contributed by atoms with E-state index in [1.165, 1.54) is 4.31 Å². The van der Waals surface area contributed by atoms with Gasteiger partial charge in [0.1, 0.15) is 11.6 Å². The molecule has 0 amide bonds. The molecule has 1 fully saturated rings. The lowest BCUT2D eigenvalue weighted by Crippen LogP contribution is -2.39. The zero-order chi connectivity index (χ0) is 19.9. The Kier molecular flexibility index (Phi) is 4.80. The zero-order valence-corrected chi connectivity index (χ0v) is 17.1. The Balaban J connectivity index is 1.54. The molecule has 0 aliphatic carbocycles. The standard InChI is InChI=1S/C19H24N6O2S/c1-14-21-18-17(11-20-23(18)2)19(22-14)25-10-9-16(12-25)24(3)28(26,27)13-15-7-5-4-6-8-15/h4-8,11,16H,9-10,12-13H2,1-3H3. The highest BCUT2D eigenvalue weighted by atomic mass is 32.2. The van der Waals surface area contributed by atoms with Crippen LogP contribution in [0.1, 0.15) is 17.8 Å². The Bertz CT molecular complexity index is 1100. The predicted octanol–water partition coefficient (Wildman–Crippen LogP) is 1.71. The summed E-state index contributed by atoms with van der Waals surface area (Å²) in [6.45, 7) is 3.21. The van der Waals surface area contributed by atoms with Crippen molar-refractivity contribution in [2.24, 2.45) is 7.05 Å². The maximum absolute atomic E-state index is 12.9. The molecule has 1 aliphatic heterocycles. The van der Waals surface area contributed by atoms with E-state index in [0.717, 1.165) is 35.4 Å². The number of aromatic nitrogens is 4. The molecule has 1 unspecified atom stereocenters. The molecule has 28 heavy (non-hydrogen) atoms. The summed E-state index contributed by atoms with van der Waals surface area (Å²) in [5.74, 6) is 1.52. The number of fused-ring (bicyclic) bond motifs is 1. The monoisotopic (exact) mass is 400 g/mol. The summed E-state index contributed by atoms with van der Waals surface area (Å²) in [6, 6.07) is 9.20. The van der Waals surface area contributed by atoms with Crippen LogP contribution in [0.3, 0.4) is 0 Å². The van der Waals surface area contributed by atoms with Gasteiger partial charge in [-0.2, -0.15) is 9.40 Å². The summed E-state index contributed by atoms with van der Waals surface area (Å²) in [5, 5.41) is 5.18. The number of hydrogen-bond donors (Lipinski definition) is 0. The van der Waals surface area contributed by atoms with Crippen LogP contribution < -0.4 is 4.90 Å². The Labute approximate surface area is 164 Å². The smallest absolute Gasteiger partial charge is 0.218 e. The van der Waals surface area contributed by atoms with Crippen LogP contribution in [0.2, 0.25) is 0 Å². The Morgan fingerprint density at radius 1 is 1.21 bits per heavy atom. The van der Waals surface area contributed by atoms with Gasteiger partial charge in [0.05, 0.1) is 17.3 Å². The van der Waals surface area contributed by atoms with Gasteiger partial charge >= 0.3 is 0 Å². The minimum Gasteiger partial charge on any atom is -0.354 e. The number of hydrogen-bond acceptors (Lipinski definition) is 6. The third kappa shape index (κ3) is 3.47. The number of aryl methyl sites for hydroxylation is 2. The van der Waals surface area contributed by atoms with E-state index in [4.69, 9.17) is 0 Å².